The Morgan fingerprint density at radius 2 is 1.59 bits per heavy atom. The summed E-state index contributed by atoms with van der Waals surface area (Å²) in [7, 11) is -3.25. The van der Waals surface area contributed by atoms with Gasteiger partial charge in [-0.05, 0) is 36.5 Å². The zero-order valence-corrected chi connectivity index (χ0v) is 16.9. The van der Waals surface area contributed by atoms with Crippen LogP contribution in [-0.2, 0) is 21.3 Å². The second-order valence-corrected chi connectivity index (χ2v) is 9.90. The van der Waals surface area contributed by atoms with Gasteiger partial charge in [-0.25, -0.2) is 8.99 Å². The molecule has 2 aromatic rings. The first kappa shape index (κ1) is 21.2. The average molecular weight is 400 g/mol. The van der Waals surface area contributed by atoms with Gasteiger partial charge in [-0.3, -0.25) is 4.79 Å². The Morgan fingerprint density at radius 3 is 2.00 bits per heavy atom. The highest BCUT2D eigenvalue weighted by atomic mass is 32.2. The van der Waals surface area contributed by atoms with Crippen molar-refractivity contribution in [1.29, 1.82) is 4.78 Å². The molecule has 148 valence electrons. The van der Waals surface area contributed by atoms with E-state index in [2.05, 4.69) is 4.98 Å². The van der Waals surface area contributed by atoms with Gasteiger partial charge >= 0.3 is 6.18 Å². The fourth-order valence-electron chi connectivity index (χ4n) is 3.16. The van der Waals surface area contributed by atoms with Crippen molar-refractivity contribution in [2.45, 2.75) is 51.1 Å². The number of nitrogens with one attached hydrogen (secondary N) is 2. The number of aryl methyl sites for hydroxylation is 2. The summed E-state index contributed by atoms with van der Waals surface area (Å²) in [5, 5.41) is 0. The van der Waals surface area contributed by atoms with Crippen LogP contribution in [0.5, 0.6) is 0 Å². The van der Waals surface area contributed by atoms with Gasteiger partial charge in [-0.15, -0.1) is 0 Å². The summed E-state index contributed by atoms with van der Waals surface area (Å²) in [5.41, 5.74) is -0.667. The van der Waals surface area contributed by atoms with Gasteiger partial charge in [0.25, 0.3) is 0 Å². The minimum Gasteiger partial charge on any atom is -0.357 e. The van der Waals surface area contributed by atoms with E-state index in [1.807, 2.05) is 0 Å². The van der Waals surface area contributed by atoms with Crippen molar-refractivity contribution in [2.24, 2.45) is 0 Å². The highest BCUT2D eigenvalue weighted by Gasteiger charge is 2.37. The van der Waals surface area contributed by atoms with Crippen LogP contribution in [0.25, 0.3) is 11.3 Å². The first-order valence-electron chi connectivity index (χ1n) is 8.24. The lowest BCUT2D eigenvalue weighted by atomic mass is 9.81. The van der Waals surface area contributed by atoms with Gasteiger partial charge in [0, 0.05) is 29.3 Å². The van der Waals surface area contributed by atoms with Crippen LogP contribution in [0.4, 0.5) is 13.2 Å². The summed E-state index contributed by atoms with van der Waals surface area (Å²) < 4.78 is 60.6. The SMILES string of the molecule is Cc1cc(C(C)(C)C)c(C(F)(F)F)cc1-c1cc(=O)c([S@@](C)(=N)=O)c(C)[nH]1. The van der Waals surface area contributed by atoms with E-state index in [9.17, 15) is 22.2 Å². The van der Waals surface area contributed by atoms with Crippen molar-refractivity contribution in [1.82, 2.24) is 4.98 Å². The second-order valence-electron chi connectivity index (χ2n) is 7.81. The Hall–Kier alpha value is -2.09. The molecule has 0 saturated carbocycles. The van der Waals surface area contributed by atoms with E-state index in [-0.39, 0.29) is 27.4 Å². The molecular formula is C19H23F3N2O2S. The molecule has 0 spiro atoms. The first-order valence-corrected chi connectivity index (χ1v) is 10.2. The predicted molar refractivity (Wildman–Crippen MR) is 101 cm³/mol. The first-order chi connectivity index (χ1) is 12.0. The summed E-state index contributed by atoms with van der Waals surface area (Å²) in [5.74, 6) is 0. The van der Waals surface area contributed by atoms with Crippen molar-refractivity contribution in [2.75, 3.05) is 6.26 Å². The Labute approximate surface area is 156 Å². The maximum Gasteiger partial charge on any atom is 0.416 e. The van der Waals surface area contributed by atoms with Crippen LogP contribution in [0.1, 0.15) is 43.2 Å². The summed E-state index contributed by atoms with van der Waals surface area (Å²) in [6, 6.07) is 3.65. The summed E-state index contributed by atoms with van der Waals surface area (Å²) in [6.07, 6.45) is -3.41. The molecule has 0 aliphatic carbocycles. The normalized spacial score (nSPS) is 14.9. The molecule has 0 aliphatic rings. The van der Waals surface area contributed by atoms with E-state index in [0.717, 1.165) is 18.4 Å². The molecule has 1 aromatic carbocycles. The number of alkyl halides is 3. The lowest BCUT2D eigenvalue weighted by molar-refractivity contribution is -0.138. The van der Waals surface area contributed by atoms with E-state index >= 15 is 0 Å². The van der Waals surface area contributed by atoms with Crippen molar-refractivity contribution < 1.29 is 17.4 Å². The molecule has 2 rings (SSSR count). The van der Waals surface area contributed by atoms with Crippen molar-refractivity contribution in [3.63, 3.8) is 0 Å². The molecular weight excluding hydrogens is 377 g/mol. The lowest BCUT2D eigenvalue weighted by Gasteiger charge is -2.26. The van der Waals surface area contributed by atoms with Crippen molar-refractivity contribution >= 4 is 9.73 Å². The Kier molecular flexibility index (Phi) is 5.11. The van der Waals surface area contributed by atoms with Crippen molar-refractivity contribution in [3.05, 3.63) is 50.8 Å². The summed E-state index contributed by atoms with van der Waals surface area (Å²) >= 11 is 0. The molecule has 0 amide bonds. The van der Waals surface area contributed by atoms with E-state index in [0.29, 0.717) is 5.56 Å². The number of H-pyrrole nitrogens is 1. The molecule has 1 aromatic heterocycles. The molecule has 0 radical (unpaired) electrons. The van der Waals surface area contributed by atoms with Gasteiger partial charge in [-0.2, -0.15) is 13.2 Å². The molecule has 0 fully saturated rings. The number of benzene rings is 1. The van der Waals surface area contributed by atoms with Gasteiger partial charge in [0.05, 0.1) is 15.3 Å². The van der Waals surface area contributed by atoms with E-state index < -0.39 is 32.3 Å². The number of halogens is 3. The standard InChI is InChI=1S/C19H23F3N2O2S/c1-10-7-13(18(3,4)5)14(19(20,21)22)8-12(10)15-9-16(25)17(11(2)24-15)27(6,23)26/h7-9,23H,1-6H3,(H,24,25)/t27-/m0/s1. The van der Waals surface area contributed by atoms with Gasteiger partial charge < -0.3 is 4.98 Å². The highest BCUT2D eigenvalue weighted by Crippen LogP contribution is 2.40. The van der Waals surface area contributed by atoms with Crippen LogP contribution in [0, 0.1) is 18.6 Å². The number of rotatable bonds is 2. The molecule has 8 heteroatoms. The Bertz CT molecular complexity index is 1060. The third kappa shape index (κ3) is 4.26. The molecule has 27 heavy (non-hydrogen) atoms. The maximum absolute atomic E-state index is 13.7. The van der Waals surface area contributed by atoms with Gasteiger partial charge in [0.1, 0.15) is 4.90 Å². The lowest BCUT2D eigenvalue weighted by Crippen LogP contribution is -2.20. The zero-order chi connectivity index (χ0) is 20.9. The zero-order valence-electron chi connectivity index (χ0n) is 16.1. The molecule has 1 heterocycles. The second kappa shape index (κ2) is 6.51. The Balaban J connectivity index is 2.84. The third-order valence-corrected chi connectivity index (χ3v) is 5.61. The topological polar surface area (TPSA) is 73.8 Å². The van der Waals surface area contributed by atoms with Crippen LogP contribution >= 0.6 is 0 Å². The molecule has 0 bridgehead atoms. The maximum atomic E-state index is 13.7. The average Bonchev–Trinajstić information content (AvgIpc) is 2.42. The molecule has 0 saturated heterocycles. The number of pyridine rings is 1. The monoisotopic (exact) mass is 400 g/mol. The van der Waals surface area contributed by atoms with E-state index in [1.165, 1.54) is 13.0 Å². The van der Waals surface area contributed by atoms with Crippen LogP contribution in [0.3, 0.4) is 0 Å². The van der Waals surface area contributed by atoms with Crippen LogP contribution in [0.15, 0.2) is 27.9 Å². The summed E-state index contributed by atoms with van der Waals surface area (Å²) in [6.45, 7) is 8.30. The highest BCUT2D eigenvalue weighted by molar-refractivity contribution is 7.91. The molecule has 1 atom stereocenters. The molecule has 0 unspecified atom stereocenters. The van der Waals surface area contributed by atoms with Gasteiger partial charge in [0.15, 0.2) is 5.43 Å². The molecule has 0 aliphatic heterocycles. The number of aromatic nitrogens is 1. The van der Waals surface area contributed by atoms with Crippen LogP contribution in [-0.4, -0.2) is 15.4 Å². The predicted octanol–water partition coefficient (Wildman–Crippen LogP) is 5.01. The van der Waals surface area contributed by atoms with Gasteiger partial charge in [-0.1, -0.05) is 26.8 Å². The third-order valence-electron chi connectivity index (χ3n) is 4.32. The van der Waals surface area contributed by atoms with Gasteiger partial charge in [0.2, 0.25) is 0 Å². The fourth-order valence-corrected chi connectivity index (χ4v) is 4.24. The van der Waals surface area contributed by atoms with Crippen molar-refractivity contribution in [3.8, 4) is 11.3 Å². The largest absolute Gasteiger partial charge is 0.416 e. The quantitative estimate of drug-likeness (QED) is 0.744. The number of hydrogen-bond acceptors (Lipinski definition) is 3. The number of hydrogen-bond donors (Lipinski definition) is 2. The van der Waals surface area contributed by atoms with Crippen LogP contribution in [0.2, 0.25) is 0 Å². The fraction of sp³-hybridized carbons (Fsp3) is 0.421. The molecule has 2 N–H and O–H groups in total. The molecule has 4 nitrogen and oxygen atoms in total. The number of aromatic amines is 1. The van der Waals surface area contributed by atoms with Crippen LogP contribution < -0.4 is 5.43 Å². The van der Waals surface area contributed by atoms with E-state index in [4.69, 9.17) is 4.78 Å². The summed E-state index contributed by atoms with van der Waals surface area (Å²) in [4.78, 5) is 15.0. The minimum atomic E-state index is -4.54. The smallest absolute Gasteiger partial charge is 0.357 e. The van der Waals surface area contributed by atoms with E-state index in [1.54, 1.807) is 27.7 Å². The minimum absolute atomic E-state index is 0.161. The Morgan fingerprint density at radius 1 is 1.04 bits per heavy atom.